The van der Waals surface area contributed by atoms with E-state index in [-0.39, 0.29) is 0 Å². The average Bonchev–Trinajstić information content (AvgIpc) is 2.72. The summed E-state index contributed by atoms with van der Waals surface area (Å²) < 4.78 is 0.895. The van der Waals surface area contributed by atoms with Crippen molar-refractivity contribution in [2.24, 2.45) is 17.6 Å². The maximum absolute atomic E-state index is 6.20. The Morgan fingerprint density at radius 2 is 2.00 bits per heavy atom. The lowest BCUT2D eigenvalue weighted by Gasteiger charge is -2.35. The van der Waals surface area contributed by atoms with Gasteiger partial charge in [-0.3, -0.25) is 4.90 Å². The van der Waals surface area contributed by atoms with Crippen LogP contribution in [0.1, 0.15) is 17.7 Å². The molecule has 4 heteroatoms. The summed E-state index contributed by atoms with van der Waals surface area (Å²) in [5.74, 6) is 1.46. The van der Waals surface area contributed by atoms with Crippen LogP contribution in [0.4, 0.5) is 0 Å². The minimum Gasteiger partial charge on any atom is -0.327 e. The zero-order valence-corrected chi connectivity index (χ0v) is 10.8. The predicted octanol–water partition coefficient (Wildman–Crippen LogP) is 2.57. The zero-order chi connectivity index (χ0) is 11.1. The summed E-state index contributed by atoms with van der Waals surface area (Å²) in [5.41, 5.74) is 6.20. The molecule has 0 amide bonds. The number of piperidine rings is 1. The molecule has 3 atom stereocenters. The number of likely N-dealkylation sites (tertiary alicyclic amines) is 1. The lowest BCUT2D eigenvalue weighted by molar-refractivity contribution is 0.142. The van der Waals surface area contributed by atoms with Gasteiger partial charge in [0.1, 0.15) is 0 Å². The minimum absolute atomic E-state index is 0.461. The molecule has 3 rings (SSSR count). The van der Waals surface area contributed by atoms with E-state index in [0.717, 1.165) is 22.7 Å². The molecule has 0 spiro atoms. The molecule has 1 saturated carbocycles. The monoisotopic (exact) mass is 256 g/mol. The summed E-state index contributed by atoms with van der Waals surface area (Å²) >= 11 is 7.65. The molecule has 2 nitrogen and oxygen atoms in total. The van der Waals surface area contributed by atoms with Gasteiger partial charge in [0.2, 0.25) is 0 Å². The molecule has 2 heterocycles. The standard InChI is InChI=1S/C12H17ClN2S/c13-11-4-3-10(16-11)7-15-5-8-1-2-9(6-15)12(8)14/h3-4,8-9,12H,1-2,5-7,14H2/t8-,9+,12?. The molecule has 2 fully saturated rings. The van der Waals surface area contributed by atoms with Crippen LogP contribution in [-0.4, -0.2) is 24.0 Å². The summed E-state index contributed by atoms with van der Waals surface area (Å²) in [5, 5.41) is 0. The first-order valence-electron chi connectivity index (χ1n) is 5.94. The van der Waals surface area contributed by atoms with Crippen molar-refractivity contribution >= 4 is 22.9 Å². The van der Waals surface area contributed by atoms with Crippen LogP contribution in [0.5, 0.6) is 0 Å². The highest BCUT2D eigenvalue weighted by Crippen LogP contribution is 2.36. The van der Waals surface area contributed by atoms with Crippen molar-refractivity contribution in [1.29, 1.82) is 0 Å². The molecular formula is C12H17ClN2S. The molecule has 2 aliphatic rings. The summed E-state index contributed by atoms with van der Waals surface area (Å²) in [6, 6.07) is 4.60. The molecule has 1 aliphatic heterocycles. The van der Waals surface area contributed by atoms with Crippen LogP contribution in [0.25, 0.3) is 0 Å². The maximum Gasteiger partial charge on any atom is 0.0931 e. The van der Waals surface area contributed by atoms with E-state index in [1.807, 2.05) is 6.07 Å². The summed E-state index contributed by atoms with van der Waals surface area (Å²) in [6.45, 7) is 3.40. The van der Waals surface area contributed by atoms with E-state index >= 15 is 0 Å². The first-order chi connectivity index (χ1) is 7.72. The smallest absolute Gasteiger partial charge is 0.0931 e. The van der Waals surface area contributed by atoms with Gasteiger partial charge in [-0.25, -0.2) is 0 Å². The molecule has 1 aromatic heterocycles. The van der Waals surface area contributed by atoms with Crippen LogP contribution >= 0.6 is 22.9 Å². The van der Waals surface area contributed by atoms with Gasteiger partial charge in [-0.1, -0.05) is 11.6 Å². The molecule has 88 valence electrons. The number of nitrogens with zero attached hydrogens (tertiary/aromatic N) is 1. The largest absolute Gasteiger partial charge is 0.327 e. The van der Waals surface area contributed by atoms with E-state index in [4.69, 9.17) is 17.3 Å². The Labute approximate surface area is 105 Å². The predicted molar refractivity (Wildman–Crippen MR) is 68.8 cm³/mol. The molecule has 2 N–H and O–H groups in total. The number of halogens is 1. The van der Waals surface area contributed by atoms with Gasteiger partial charge >= 0.3 is 0 Å². The van der Waals surface area contributed by atoms with Crippen LogP contribution in [-0.2, 0) is 6.54 Å². The lowest BCUT2D eigenvalue weighted by atomic mass is 9.93. The van der Waals surface area contributed by atoms with Crippen molar-refractivity contribution in [3.63, 3.8) is 0 Å². The van der Waals surface area contributed by atoms with E-state index in [1.54, 1.807) is 11.3 Å². The Hall–Kier alpha value is -0.0900. The van der Waals surface area contributed by atoms with Crippen molar-refractivity contribution in [2.75, 3.05) is 13.1 Å². The van der Waals surface area contributed by atoms with Crippen molar-refractivity contribution in [3.05, 3.63) is 21.3 Å². The van der Waals surface area contributed by atoms with Gasteiger partial charge in [0, 0.05) is 30.6 Å². The van der Waals surface area contributed by atoms with Crippen LogP contribution in [0.3, 0.4) is 0 Å². The third-order valence-corrected chi connectivity index (χ3v) is 5.21. The minimum atomic E-state index is 0.461. The third kappa shape index (κ3) is 2.02. The van der Waals surface area contributed by atoms with Gasteiger partial charge in [0.05, 0.1) is 4.34 Å². The SMILES string of the molecule is NC1[C@@H]2CC[C@H]1CN(Cc1ccc(Cl)s1)C2. The summed E-state index contributed by atoms with van der Waals surface area (Å²) in [4.78, 5) is 3.92. The average molecular weight is 257 g/mol. The van der Waals surface area contributed by atoms with Crippen molar-refractivity contribution in [2.45, 2.75) is 25.4 Å². The highest BCUT2D eigenvalue weighted by Gasteiger charge is 2.39. The number of rotatable bonds is 2. The fourth-order valence-corrected chi connectivity index (χ4v) is 4.28. The Morgan fingerprint density at radius 1 is 1.31 bits per heavy atom. The number of hydrogen-bond acceptors (Lipinski definition) is 3. The molecule has 1 saturated heterocycles. The van der Waals surface area contributed by atoms with Crippen LogP contribution in [0, 0.1) is 11.8 Å². The van der Waals surface area contributed by atoms with E-state index in [1.165, 1.54) is 30.8 Å². The second-order valence-corrected chi connectivity index (χ2v) is 6.87. The molecule has 0 aromatic carbocycles. The molecule has 1 aromatic rings. The Balaban J connectivity index is 1.65. The second-order valence-electron chi connectivity index (χ2n) is 5.07. The number of hydrogen-bond donors (Lipinski definition) is 1. The zero-order valence-electron chi connectivity index (χ0n) is 9.23. The molecule has 16 heavy (non-hydrogen) atoms. The number of nitrogens with two attached hydrogens (primary N) is 1. The Morgan fingerprint density at radius 3 is 2.56 bits per heavy atom. The lowest BCUT2D eigenvalue weighted by Crippen LogP contribution is -2.48. The van der Waals surface area contributed by atoms with E-state index in [0.29, 0.717) is 6.04 Å². The Bertz CT molecular complexity index is 365. The highest BCUT2D eigenvalue weighted by molar-refractivity contribution is 7.16. The van der Waals surface area contributed by atoms with Crippen molar-refractivity contribution < 1.29 is 0 Å². The van der Waals surface area contributed by atoms with Gasteiger partial charge in [-0.15, -0.1) is 11.3 Å². The summed E-state index contributed by atoms with van der Waals surface area (Å²) in [6.07, 6.45) is 2.65. The van der Waals surface area contributed by atoms with Gasteiger partial charge in [-0.2, -0.15) is 0 Å². The topological polar surface area (TPSA) is 29.3 Å². The van der Waals surface area contributed by atoms with Crippen molar-refractivity contribution in [1.82, 2.24) is 4.90 Å². The molecule has 1 aliphatic carbocycles. The molecule has 2 bridgehead atoms. The van der Waals surface area contributed by atoms with Gasteiger partial charge < -0.3 is 5.73 Å². The first-order valence-corrected chi connectivity index (χ1v) is 7.14. The van der Waals surface area contributed by atoms with Gasteiger partial charge in [-0.05, 0) is 36.8 Å². The molecular weight excluding hydrogens is 240 g/mol. The number of thiophene rings is 1. The Kier molecular flexibility index (Phi) is 2.96. The first kappa shape index (κ1) is 11.0. The molecule has 1 unspecified atom stereocenters. The maximum atomic E-state index is 6.20. The van der Waals surface area contributed by atoms with Gasteiger partial charge in [0.25, 0.3) is 0 Å². The molecule has 0 radical (unpaired) electrons. The quantitative estimate of drug-likeness (QED) is 0.881. The highest BCUT2D eigenvalue weighted by atomic mass is 35.5. The third-order valence-electron chi connectivity index (χ3n) is 3.99. The second kappa shape index (κ2) is 4.30. The normalized spacial score (nSPS) is 34.5. The van der Waals surface area contributed by atoms with Gasteiger partial charge in [0.15, 0.2) is 0 Å². The van der Waals surface area contributed by atoms with Crippen LogP contribution < -0.4 is 5.73 Å². The van der Waals surface area contributed by atoms with E-state index in [2.05, 4.69) is 11.0 Å². The fraction of sp³-hybridized carbons (Fsp3) is 0.667. The fourth-order valence-electron chi connectivity index (χ4n) is 3.15. The van der Waals surface area contributed by atoms with Crippen LogP contribution in [0.2, 0.25) is 4.34 Å². The summed E-state index contributed by atoms with van der Waals surface area (Å²) in [7, 11) is 0. The van der Waals surface area contributed by atoms with Crippen LogP contribution in [0.15, 0.2) is 12.1 Å². The number of fused-ring (bicyclic) bond motifs is 2. The van der Waals surface area contributed by atoms with E-state index < -0.39 is 0 Å². The van der Waals surface area contributed by atoms with Crippen molar-refractivity contribution in [3.8, 4) is 0 Å². The van der Waals surface area contributed by atoms with E-state index in [9.17, 15) is 0 Å².